The fourth-order valence-corrected chi connectivity index (χ4v) is 6.04. The molecule has 40 heavy (non-hydrogen) atoms. The van der Waals surface area contributed by atoms with E-state index in [0.717, 1.165) is 32.3 Å². The summed E-state index contributed by atoms with van der Waals surface area (Å²) in [4.78, 5) is 0. The number of fused-ring (bicyclic) bond motifs is 4. The van der Waals surface area contributed by atoms with Gasteiger partial charge in [-0.3, -0.25) is 0 Å². The first-order valence-corrected chi connectivity index (χ1v) is 12.8. The molecule has 0 spiro atoms. The van der Waals surface area contributed by atoms with E-state index in [-0.39, 0.29) is 34.0 Å². The van der Waals surface area contributed by atoms with Gasteiger partial charge in [0.25, 0.3) is 0 Å². The molecular formula is C35H20N2O3. The van der Waals surface area contributed by atoms with Gasteiger partial charge in [0.15, 0.2) is 0 Å². The molecule has 6 aromatic carbocycles. The van der Waals surface area contributed by atoms with E-state index >= 15 is 0 Å². The number of rotatable bonds is 2. The molecule has 5 nitrogen and oxygen atoms in total. The fourth-order valence-electron chi connectivity index (χ4n) is 6.04. The summed E-state index contributed by atoms with van der Waals surface area (Å²) in [5, 5.41) is 60.8. The number of benzene rings is 6. The number of nitriles is 2. The van der Waals surface area contributed by atoms with E-state index in [4.69, 9.17) is 0 Å². The van der Waals surface area contributed by atoms with Crippen molar-refractivity contribution in [3.63, 3.8) is 0 Å². The third-order valence-corrected chi connectivity index (χ3v) is 7.89. The number of aromatic hydroxyl groups is 2. The quantitative estimate of drug-likeness (QED) is 0.159. The van der Waals surface area contributed by atoms with Gasteiger partial charge in [-0.1, -0.05) is 60.7 Å². The van der Waals surface area contributed by atoms with Crippen LogP contribution in [-0.2, 0) is 0 Å². The Morgan fingerprint density at radius 2 is 1.07 bits per heavy atom. The van der Waals surface area contributed by atoms with Gasteiger partial charge in [-0.15, -0.1) is 0 Å². The Morgan fingerprint density at radius 3 is 1.65 bits per heavy atom. The van der Waals surface area contributed by atoms with Gasteiger partial charge in [-0.05, 0) is 79.5 Å². The van der Waals surface area contributed by atoms with Gasteiger partial charge >= 0.3 is 0 Å². The molecule has 0 bridgehead atoms. The summed E-state index contributed by atoms with van der Waals surface area (Å²) in [6.07, 6.45) is 0. The third-order valence-electron chi connectivity index (χ3n) is 7.89. The van der Waals surface area contributed by atoms with Crippen molar-refractivity contribution in [2.75, 3.05) is 0 Å². The van der Waals surface area contributed by atoms with Gasteiger partial charge in [-0.2, -0.15) is 10.5 Å². The van der Waals surface area contributed by atoms with Gasteiger partial charge in [0, 0.05) is 22.3 Å². The molecule has 188 valence electrons. The van der Waals surface area contributed by atoms with Gasteiger partial charge in [0.1, 0.15) is 35.0 Å². The van der Waals surface area contributed by atoms with Crippen LogP contribution >= 0.6 is 0 Å². The Morgan fingerprint density at radius 1 is 0.575 bits per heavy atom. The summed E-state index contributed by atoms with van der Waals surface area (Å²) >= 11 is 0. The Kier molecular flexibility index (Phi) is 5.04. The predicted octanol–water partition coefficient (Wildman–Crippen LogP) is 8.12. The number of aliphatic hydroxyl groups excluding tert-OH is 1. The largest absolute Gasteiger partial charge is 0.511 e. The SMILES string of the molecule is N#CC(C#N)=C1C(c2c(O)ccc3cc4ccccc4cc23)=C(O)C1c1c(O)ccc2cc3ccccc3cc12. The molecule has 7 rings (SSSR count). The minimum Gasteiger partial charge on any atom is -0.511 e. The lowest BCUT2D eigenvalue weighted by molar-refractivity contribution is 0.364. The fraction of sp³-hybridized carbons (Fsp3) is 0.0286. The van der Waals surface area contributed by atoms with Crippen molar-refractivity contribution in [2.45, 2.75) is 5.92 Å². The van der Waals surface area contributed by atoms with E-state index in [1.165, 1.54) is 0 Å². The van der Waals surface area contributed by atoms with E-state index in [9.17, 15) is 25.8 Å². The molecule has 5 heteroatoms. The predicted molar refractivity (Wildman–Crippen MR) is 157 cm³/mol. The van der Waals surface area contributed by atoms with Gasteiger partial charge in [-0.25, -0.2) is 0 Å². The number of aliphatic hydroxyl groups is 1. The molecule has 0 aliphatic heterocycles. The van der Waals surface area contributed by atoms with Crippen molar-refractivity contribution in [2.24, 2.45) is 0 Å². The van der Waals surface area contributed by atoms with Gasteiger partial charge in [0.05, 0.1) is 5.92 Å². The highest BCUT2D eigenvalue weighted by molar-refractivity contribution is 6.10. The average Bonchev–Trinajstić information content (AvgIpc) is 2.98. The number of phenolic OH excluding ortho intramolecular Hbond substituents is 2. The lowest BCUT2D eigenvalue weighted by Gasteiger charge is -2.35. The van der Waals surface area contributed by atoms with Crippen molar-refractivity contribution in [3.05, 3.63) is 125 Å². The van der Waals surface area contributed by atoms with E-state index in [1.807, 2.05) is 91.0 Å². The number of hydrogen-bond donors (Lipinski definition) is 3. The van der Waals surface area contributed by atoms with Crippen LogP contribution in [0, 0.1) is 22.7 Å². The van der Waals surface area contributed by atoms with Crippen LogP contribution in [0.5, 0.6) is 11.5 Å². The average molecular weight is 517 g/mol. The molecule has 0 saturated heterocycles. The maximum Gasteiger partial charge on any atom is 0.134 e. The van der Waals surface area contributed by atoms with E-state index in [2.05, 4.69) is 0 Å². The zero-order chi connectivity index (χ0) is 27.5. The van der Waals surface area contributed by atoms with Crippen molar-refractivity contribution in [1.82, 2.24) is 0 Å². The number of allylic oxidation sites excluding steroid dienone is 3. The Hall–Kier alpha value is -5.78. The molecule has 3 N–H and O–H groups in total. The monoisotopic (exact) mass is 516 g/mol. The molecular weight excluding hydrogens is 496 g/mol. The first-order valence-electron chi connectivity index (χ1n) is 12.8. The molecule has 0 fully saturated rings. The highest BCUT2D eigenvalue weighted by Gasteiger charge is 2.43. The van der Waals surface area contributed by atoms with Crippen molar-refractivity contribution in [3.8, 4) is 23.6 Å². The van der Waals surface area contributed by atoms with Crippen LogP contribution in [0.15, 0.2) is 114 Å². The Bertz CT molecular complexity index is 2210. The normalized spacial score (nSPS) is 14.8. The number of phenols is 2. The topological polar surface area (TPSA) is 108 Å². The highest BCUT2D eigenvalue weighted by Crippen LogP contribution is 2.57. The zero-order valence-electron chi connectivity index (χ0n) is 21.1. The maximum atomic E-state index is 11.7. The summed E-state index contributed by atoms with van der Waals surface area (Å²) in [5.74, 6) is -1.18. The smallest absolute Gasteiger partial charge is 0.134 e. The van der Waals surface area contributed by atoms with Crippen molar-refractivity contribution < 1.29 is 15.3 Å². The minimum atomic E-state index is -0.927. The standard InChI is InChI=1S/C35H20N2O3/c36-17-25(18-37)30-33(31-26-15-21-7-3-1-5-19(21)13-23(26)9-11-28(31)38)35(40)34(30)32-27-16-22-8-4-2-6-20(22)14-24(27)10-12-29(32)39/h1-16,33,38-40H. The van der Waals surface area contributed by atoms with Crippen LogP contribution < -0.4 is 0 Å². The third kappa shape index (κ3) is 3.26. The summed E-state index contributed by atoms with van der Waals surface area (Å²) in [6, 6.07) is 34.3. The summed E-state index contributed by atoms with van der Waals surface area (Å²) in [6.45, 7) is 0. The first kappa shape index (κ1) is 23.3. The van der Waals surface area contributed by atoms with E-state index < -0.39 is 5.92 Å². The molecule has 0 saturated carbocycles. The van der Waals surface area contributed by atoms with Crippen molar-refractivity contribution >= 4 is 48.7 Å². The van der Waals surface area contributed by atoms with Crippen molar-refractivity contribution in [1.29, 1.82) is 10.5 Å². The second-order valence-electron chi connectivity index (χ2n) is 10.0. The lowest BCUT2D eigenvalue weighted by Crippen LogP contribution is -2.22. The van der Waals surface area contributed by atoms with Crippen LogP contribution in [0.3, 0.4) is 0 Å². The molecule has 1 atom stereocenters. The van der Waals surface area contributed by atoms with Crippen LogP contribution in [-0.4, -0.2) is 15.3 Å². The Balaban J connectivity index is 1.56. The summed E-state index contributed by atoms with van der Waals surface area (Å²) < 4.78 is 0. The second kappa shape index (κ2) is 8.63. The maximum absolute atomic E-state index is 11.7. The highest BCUT2D eigenvalue weighted by atomic mass is 16.3. The molecule has 1 aliphatic carbocycles. The molecule has 6 aromatic rings. The summed E-state index contributed by atoms with van der Waals surface area (Å²) in [7, 11) is 0. The van der Waals surface area contributed by atoms with Crippen LogP contribution in [0.2, 0.25) is 0 Å². The van der Waals surface area contributed by atoms with Crippen LogP contribution in [0.1, 0.15) is 17.0 Å². The van der Waals surface area contributed by atoms with Crippen LogP contribution in [0.25, 0.3) is 48.7 Å². The molecule has 1 aliphatic rings. The number of hydrogen-bond acceptors (Lipinski definition) is 5. The molecule has 0 aromatic heterocycles. The number of nitrogens with zero attached hydrogens (tertiary/aromatic N) is 2. The Labute approximate surface area is 229 Å². The summed E-state index contributed by atoms with van der Waals surface area (Å²) in [5.41, 5.74) is 1.08. The molecule has 0 heterocycles. The van der Waals surface area contributed by atoms with Crippen LogP contribution in [0.4, 0.5) is 0 Å². The first-order chi connectivity index (χ1) is 19.5. The van der Waals surface area contributed by atoms with Gasteiger partial charge < -0.3 is 15.3 Å². The molecule has 1 unspecified atom stereocenters. The molecule has 0 radical (unpaired) electrons. The van der Waals surface area contributed by atoms with Gasteiger partial charge in [0.2, 0.25) is 0 Å². The second-order valence-corrected chi connectivity index (χ2v) is 10.0. The zero-order valence-corrected chi connectivity index (χ0v) is 21.1. The lowest BCUT2D eigenvalue weighted by atomic mass is 9.68. The van der Waals surface area contributed by atoms with E-state index in [0.29, 0.717) is 21.9 Å². The van der Waals surface area contributed by atoms with E-state index in [1.54, 1.807) is 18.2 Å². The minimum absolute atomic E-state index is 0.0563. The molecule has 0 amide bonds.